The smallest absolute Gasteiger partial charge is 0.353 e. The van der Waals surface area contributed by atoms with Crippen molar-refractivity contribution in [2.45, 2.75) is 40.0 Å². The molecule has 0 fully saturated rings. The highest BCUT2D eigenvalue weighted by atomic mass is 16.5. The van der Waals surface area contributed by atoms with E-state index in [9.17, 15) is 14.4 Å². The minimum absolute atomic E-state index is 0.0224. The van der Waals surface area contributed by atoms with E-state index in [1.54, 1.807) is 32.0 Å². The second-order valence-electron chi connectivity index (χ2n) is 5.71. The summed E-state index contributed by atoms with van der Waals surface area (Å²) in [7, 11) is 1.28. The molecule has 1 aromatic rings. The molecular formula is C20H27NO6. The molecule has 0 aliphatic rings. The van der Waals surface area contributed by atoms with Crippen LogP contribution in [0.15, 0.2) is 29.3 Å². The lowest BCUT2D eigenvalue weighted by atomic mass is 9.96. The molecule has 7 heteroatoms. The Balaban J connectivity index is 3.35. The number of unbranched alkanes of at least 4 members (excludes halogenated alkanes) is 1. The average Bonchev–Trinajstić information content (AvgIpc) is 2.67. The summed E-state index contributed by atoms with van der Waals surface area (Å²) >= 11 is 0. The zero-order chi connectivity index (χ0) is 20.2. The second-order valence-corrected chi connectivity index (χ2v) is 5.71. The van der Waals surface area contributed by atoms with Crippen molar-refractivity contribution in [2.24, 2.45) is 10.9 Å². The number of nitrogens with zero attached hydrogens (tertiary/aromatic N) is 1. The number of esters is 3. The molecule has 0 bridgehead atoms. The van der Waals surface area contributed by atoms with Gasteiger partial charge in [-0.2, -0.15) is 0 Å². The lowest BCUT2D eigenvalue weighted by Gasteiger charge is -2.17. The van der Waals surface area contributed by atoms with Gasteiger partial charge in [0.25, 0.3) is 0 Å². The standard InChI is InChI=1S/C20H27NO6/c1-5-8-12-16(19(23)26-6-2)17(20(24)27-7-3)21-15-11-9-10-14(13-15)18(22)25-4/h9-11,13,16H,5-8,12H2,1-4H3. The fraction of sp³-hybridized carbons (Fsp3) is 0.500. The van der Waals surface area contributed by atoms with Crippen LogP contribution in [-0.4, -0.2) is 43.9 Å². The zero-order valence-electron chi connectivity index (χ0n) is 16.3. The second kappa shape index (κ2) is 11.8. The third-order valence-electron chi connectivity index (χ3n) is 3.75. The summed E-state index contributed by atoms with van der Waals surface area (Å²) in [5.74, 6) is -2.53. The Morgan fingerprint density at radius 2 is 1.78 bits per heavy atom. The molecule has 27 heavy (non-hydrogen) atoms. The van der Waals surface area contributed by atoms with Crippen molar-refractivity contribution in [3.63, 3.8) is 0 Å². The Bertz CT molecular complexity index is 683. The van der Waals surface area contributed by atoms with Crippen LogP contribution in [0.4, 0.5) is 5.69 Å². The van der Waals surface area contributed by atoms with Crippen LogP contribution >= 0.6 is 0 Å². The molecule has 1 unspecified atom stereocenters. The number of hydrogen-bond donors (Lipinski definition) is 0. The van der Waals surface area contributed by atoms with Crippen LogP contribution in [0.3, 0.4) is 0 Å². The van der Waals surface area contributed by atoms with E-state index < -0.39 is 23.8 Å². The van der Waals surface area contributed by atoms with E-state index in [4.69, 9.17) is 14.2 Å². The largest absolute Gasteiger partial charge is 0.465 e. The van der Waals surface area contributed by atoms with Crippen molar-refractivity contribution >= 4 is 29.3 Å². The molecule has 0 amide bonds. The minimum Gasteiger partial charge on any atom is -0.465 e. The monoisotopic (exact) mass is 377 g/mol. The molecule has 0 saturated carbocycles. The topological polar surface area (TPSA) is 91.3 Å². The number of aliphatic imine (C=N–C) groups is 1. The maximum atomic E-state index is 12.5. The first kappa shape index (κ1) is 22.3. The van der Waals surface area contributed by atoms with E-state index >= 15 is 0 Å². The van der Waals surface area contributed by atoms with E-state index in [0.29, 0.717) is 17.7 Å². The van der Waals surface area contributed by atoms with Crippen molar-refractivity contribution in [3.8, 4) is 0 Å². The molecule has 1 aromatic carbocycles. The van der Waals surface area contributed by atoms with Gasteiger partial charge in [-0.05, 0) is 38.5 Å². The maximum absolute atomic E-state index is 12.5. The van der Waals surface area contributed by atoms with Crippen molar-refractivity contribution < 1.29 is 28.6 Å². The van der Waals surface area contributed by atoms with Gasteiger partial charge in [0.1, 0.15) is 11.6 Å². The highest BCUT2D eigenvalue weighted by molar-refractivity contribution is 6.41. The fourth-order valence-electron chi connectivity index (χ4n) is 2.45. The third-order valence-corrected chi connectivity index (χ3v) is 3.75. The van der Waals surface area contributed by atoms with E-state index in [-0.39, 0.29) is 18.9 Å². The van der Waals surface area contributed by atoms with E-state index in [0.717, 1.165) is 12.8 Å². The van der Waals surface area contributed by atoms with E-state index in [2.05, 4.69) is 4.99 Å². The molecular weight excluding hydrogens is 350 g/mol. The summed E-state index contributed by atoms with van der Waals surface area (Å²) in [6.07, 6.45) is 2.00. The predicted molar refractivity (Wildman–Crippen MR) is 101 cm³/mol. The van der Waals surface area contributed by atoms with Gasteiger partial charge in [-0.25, -0.2) is 14.6 Å². The van der Waals surface area contributed by atoms with E-state index in [1.807, 2.05) is 6.92 Å². The Labute approximate surface area is 159 Å². The summed E-state index contributed by atoms with van der Waals surface area (Å²) < 4.78 is 14.9. The lowest BCUT2D eigenvalue weighted by Crippen LogP contribution is -2.33. The fourth-order valence-corrected chi connectivity index (χ4v) is 2.45. The van der Waals surface area contributed by atoms with Crippen LogP contribution in [-0.2, 0) is 23.8 Å². The molecule has 0 heterocycles. The first-order valence-electron chi connectivity index (χ1n) is 9.09. The molecule has 0 N–H and O–H groups in total. The summed E-state index contributed by atoms with van der Waals surface area (Å²) in [5, 5.41) is 0. The zero-order valence-corrected chi connectivity index (χ0v) is 16.3. The Kier molecular flexibility index (Phi) is 9.79. The lowest BCUT2D eigenvalue weighted by molar-refractivity contribution is -0.147. The van der Waals surface area contributed by atoms with Crippen molar-refractivity contribution in [1.29, 1.82) is 0 Å². The van der Waals surface area contributed by atoms with Gasteiger partial charge in [0.2, 0.25) is 0 Å². The molecule has 0 aliphatic heterocycles. The highest BCUT2D eigenvalue weighted by Crippen LogP contribution is 2.21. The molecule has 0 radical (unpaired) electrons. The van der Waals surface area contributed by atoms with Gasteiger partial charge < -0.3 is 14.2 Å². The minimum atomic E-state index is -0.828. The van der Waals surface area contributed by atoms with Crippen LogP contribution < -0.4 is 0 Å². The quantitative estimate of drug-likeness (QED) is 0.352. The van der Waals surface area contributed by atoms with Crippen molar-refractivity contribution in [3.05, 3.63) is 29.8 Å². The molecule has 148 valence electrons. The van der Waals surface area contributed by atoms with Crippen molar-refractivity contribution in [1.82, 2.24) is 0 Å². The highest BCUT2D eigenvalue weighted by Gasteiger charge is 2.31. The SMILES string of the molecule is CCCCC(C(=O)OCC)C(=Nc1cccc(C(=O)OC)c1)C(=O)OCC. The molecule has 0 aliphatic carbocycles. The molecule has 1 rings (SSSR count). The Morgan fingerprint density at radius 1 is 1.07 bits per heavy atom. The van der Waals surface area contributed by atoms with Gasteiger partial charge in [0.05, 0.1) is 31.6 Å². The first-order valence-corrected chi connectivity index (χ1v) is 9.09. The number of benzene rings is 1. The number of hydrogen-bond acceptors (Lipinski definition) is 7. The Hall–Kier alpha value is -2.70. The maximum Gasteiger partial charge on any atom is 0.353 e. The summed E-state index contributed by atoms with van der Waals surface area (Å²) in [6.45, 7) is 5.73. The van der Waals surface area contributed by atoms with Crippen LogP contribution in [0.1, 0.15) is 50.4 Å². The predicted octanol–water partition coefficient (Wildman–Crippen LogP) is 3.48. The van der Waals surface area contributed by atoms with E-state index in [1.165, 1.54) is 13.2 Å². The summed E-state index contributed by atoms with van der Waals surface area (Å²) in [6, 6.07) is 6.33. The van der Waals surface area contributed by atoms with Gasteiger partial charge in [-0.1, -0.05) is 25.8 Å². The number of methoxy groups -OCH3 is 1. The first-order chi connectivity index (χ1) is 13.0. The number of carbonyl (C=O) groups excluding carboxylic acids is 3. The van der Waals surface area contributed by atoms with Crippen LogP contribution in [0.5, 0.6) is 0 Å². The van der Waals surface area contributed by atoms with Gasteiger partial charge in [0.15, 0.2) is 0 Å². The molecule has 0 saturated heterocycles. The van der Waals surface area contributed by atoms with Crippen LogP contribution in [0.25, 0.3) is 0 Å². The van der Waals surface area contributed by atoms with Gasteiger partial charge in [-0.3, -0.25) is 4.79 Å². The Morgan fingerprint density at radius 3 is 2.37 bits per heavy atom. The molecule has 0 aromatic heterocycles. The van der Waals surface area contributed by atoms with Gasteiger partial charge >= 0.3 is 17.9 Å². The summed E-state index contributed by atoms with van der Waals surface area (Å²) in [5.41, 5.74) is 0.626. The van der Waals surface area contributed by atoms with Crippen molar-refractivity contribution in [2.75, 3.05) is 20.3 Å². The molecule has 0 spiro atoms. The van der Waals surface area contributed by atoms with Crippen LogP contribution in [0.2, 0.25) is 0 Å². The average molecular weight is 377 g/mol. The van der Waals surface area contributed by atoms with Gasteiger partial charge in [-0.15, -0.1) is 0 Å². The molecule has 7 nitrogen and oxygen atoms in total. The number of ether oxygens (including phenoxy) is 3. The summed E-state index contributed by atoms with van der Waals surface area (Å²) in [4.78, 5) is 41.0. The number of carbonyl (C=O) groups is 3. The normalized spacial score (nSPS) is 12.2. The van der Waals surface area contributed by atoms with Crippen LogP contribution in [0, 0.1) is 5.92 Å². The molecule has 1 atom stereocenters. The van der Waals surface area contributed by atoms with Gasteiger partial charge in [0, 0.05) is 0 Å². The third kappa shape index (κ3) is 6.84. The number of rotatable bonds is 10.